The quantitative estimate of drug-likeness (QED) is 0.441. The normalized spacial score (nSPS) is 27.6. The van der Waals surface area contributed by atoms with E-state index >= 15 is 0 Å². The number of carbonyl (C=O) groups is 1. The lowest BCUT2D eigenvalue weighted by Crippen LogP contribution is -2.66. The first kappa shape index (κ1) is 25.7. The van der Waals surface area contributed by atoms with Gasteiger partial charge in [-0.3, -0.25) is 0 Å². The first-order chi connectivity index (χ1) is 19.1. The van der Waals surface area contributed by atoms with Crippen LogP contribution in [0.3, 0.4) is 0 Å². The zero-order chi connectivity index (χ0) is 26.8. The third-order valence-electron chi connectivity index (χ3n) is 7.44. The fraction of sp³-hybridized carbons (Fsp3) is 0.323. The molecule has 3 aromatic rings. The predicted octanol–water partition coefficient (Wildman–Crippen LogP) is 4.30. The molecule has 0 bridgehead atoms. The Hall–Kier alpha value is -3.53. The summed E-state index contributed by atoms with van der Waals surface area (Å²) in [7, 11) is 0. The Kier molecular flexibility index (Phi) is 7.45. The number of hydrogen-bond donors (Lipinski definition) is 2. The number of ether oxygens (including phenoxy) is 5. The van der Waals surface area contributed by atoms with E-state index in [1.807, 2.05) is 54.6 Å². The van der Waals surface area contributed by atoms with E-state index in [0.29, 0.717) is 0 Å². The number of hydrogen-bond acceptors (Lipinski definition) is 7. The van der Waals surface area contributed by atoms with Crippen molar-refractivity contribution in [3.05, 3.63) is 108 Å². The number of amides is 1. The Balaban J connectivity index is 1.15. The topological polar surface area (TPSA) is 95.5 Å². The third kappa shape index (κ3) is 5.09. The molecule has 2 heterocycles. The van der Waals surface area contributed by atoms with Gasteiger partial charge in [-0.2, -0.15) is 0 Å². The number of carbonyl (C=O) groups excluding carboxylic acids is 1. The van der Waals surface area contributed by atoms with Gasteiger partial charge in [0.05, 0.1) is 13.2 Å². The van der Waals surface area contributed by atoms with Crippen molar-refractivity contribution >= 4 is 6.09 Å². The molecule has 2 fully saturated rings. The van der Waals surface area contributed by atoms with Crippen LogP contribution >= 0.6 is 0 Å². The predicted molar refractivity (Wildman–Crippen MR) is 143 cm³/mol. The molecule has 2 aliphatic heterocycles. The van der Waals surface area contributed by atoms with Crippen molar-refractivity contribution in [1.29, 1.82) is 0 Å². The van der Waals surface area contributed by atoms with Crippen LogP contribution in [0.25, 0.3) is 11.1 Å². The average Bonchev–Trinajstić information content (AvgIpc) is 3.30. The number of fused-ring (bicyclic) bond motifs is 4. The average molecular weight is 530 g/mol. The molecule has 0 spiro atoms. The third-order valence-corrected chi connectivity index (χ3v) is 7.44. The van der Waals surface area contributed by atoms with Gasteiger partial charge >= 0.3 is 6.09 Å². The molecule has 0 saturated carbocycles. The minimum absolute atomic E-state index is 0.0849. The van der Waals surface area contributed by atoms with Gasteiger partial charge in [0.2, 0.25) is 0 Å². The minimum Gasteiger partial charge on any atom is -0.449 e. The lowest BCUT2D eigenvalue weighted by Gasteiger charge is -2.47. The smallest absolute Gasteiger partial charge is 0.407 e. The summed E-state index contributed by atoms with van der Waals surface area (Å²) in [4.78, 5) is 13.1. The standard InChI is InChI=1S/C31H31NO7/c1-2-16-35-30-26(27(33)28-25(38-30)18-36-29(39-28)19-10-4-3-5-11-19)32-31(34)37-17-24-22-14-8-6-12-20(22)21-13-7-9-15-23(21)24/h2-15,24-30,33H,1,16-18H2,(H,32,34)/t25-,26-,27-,28-,29-,30+/m1/s1. The first-order valence-corrected chi connectivity index (χ1v) is 13.1. The van der Waals surface area contributed by atoms with Crippen LogP contribution in [0.4, 0.5) is 4.79 Å². The molecule has 8 heteroatoms. The zero-order valence-electron chi connectivity index (χ0n) is 21.3. The maximum absolute atomic E-state index is 13.1. The molecule has 6 atom stereocenters. The van der Waals surface area contributed by atoms with E-state index in [-0.39, 0.29) is 25.7 Å². The van der Waals surface area contributed by atoms with Gasteiger partial charge in [0.15, 0.2) is 12.6 Å². The molecule has 3 aliphatic rings. The van der Waals surface area contributed by atoms with Gasteiger partial charge in [0, 0.05) is 11.5 Å². The highest BCUT2D eigenvalue weighted by Gasteiger charge is 2.50. The SMILES string of the molecule is C=CCO[C@H]1O[C@@H]2CO[C@@H](c3ccccc3)O[C@H]2[C@H](O)[C@H]1NC(=O)OCC1c2ccccc2-c2ccccc21. The Morgan fingerprint density at radius 3 is 2.33 bits per heavy atom. The highest BCUT2D eigenvalue weighted by molar-refractivity contribution is 5.79. The van der Waals surface area contributed by atoms with Crippen LogP contribution in [0, 0.1) is 0 Å². The molecular formula is C31H31NO7. The molecule has 0 radical (unpaired) electrons. The van der Waals surface area contributed by atoms with E-state index in [1.54, 1.807) is 6.08 Å². The van der Waals surface area contributed by atoms with Crippen molar-refractivity contribution < 1.29 is 33.6 Å². The van der Waals surface area contributed by atoms with E-state index in [4.69, 9.17) is 23.7 Å². The van der Waals surface area contributed by atoms with Crippen LogP contribution < -0.4 is 5.32 Å². The molecule has 202 valence electrons. The Morgan fingerprint density at radius 1 is 0.974 bits per heavy atom. The molecule has 0 aromatic heterocycles. The monoisotopic (exact) mass is 529 g/mol. The van der Waals surface area contributed by atoms with E-state index in [1.165, 1.54) is 0 Å². The highest BCUT2D eigenvalue weighted by Crippen LogP contribution is 2.44. The largest absolute Gasteiger partial charge is 0.449 e. The summed E-state index contributed by atoms with van der Waals surface area (Å²) in [6.45, 7) is 4.20. The summed E-state index contributed by atoms with van der Waals surface area (Å²) in [6, 6.07) is 24.8. The highest BCUT2D eigenvalue weighted by atomic mass is 16.7. The summed E-state index contributed by atoms with van der Waals surface area (Å²) in [5, 5.41) is 14.1. The summed E-state index contributed by atoms with van der Waals surface area (Å²) in [6.07, 6.45) is -3.16. The van der Waals surface area contributed by atoms with Crippen molar-refractivity contribution in [2.45, 2.75) is 42.9 Å². The van der Waals surface area contributed by atoms with Gasteiger partial charge in [-0.15, -0.1) is 6.58 Å². The summed E-state index contributed by atoms with van der Waals surface area (Å²) in [5.41, 5.74) is 5.35. The number of nitrogens with one attached hydrogen (secondary N) is 1. The second-order valence-electron chi connectivity index (χ2n) is 9.83. The molecule has 1 amide bonds. The van der Waals surface area contributed by atoms with Crippen molar-refractivity contribution in [3.8, 4) is 11.1 Å². The van der Waals surface area contributed by atoms with Crippen molar-refractivity contribution in [2.75, 3.05) is 19.8 Å². The van der Waals surface area contributed by atoms with E-state index in [2.05, 4.69) is 36.2 Å². The van der Waals surface area contributed by atoms with Crippen LogP contribution in [-0.2, 0) is 23.7 Å². The first-order valence-electron chi connectivity index (χ1n) is 13.1. The molecule has 0 unspecified atom stereocenters. The van der Waals surface area contributed by atoms with Crippen LogP contribution in [-0.4, -0.2) is 61.7 Å². The number of rotatable bonds is 7. The molecule has 3 aromatic carbocycles. The number of alkyl carbamates (subject to hydrolysis) is 1. The second-order valence-corrected chi connectivity index (χ2v) is 9.83. The second kappa shape index (κ2) is 11.3. The molecule has 8 nitrogen and oxygen atoms in total. The molecular weight excluding hydrogens is 498 g/mol. The van der Waals surface area contributed by atoms with Gasteiger partial charge in [0.1, 0.15) is 31.0 Å². The van der Waals surface area contributed by atoms with Gasteiger partial charge in [-0.1, -0.05) is 84.9 Å². The number of aliphatic hydroxyl groups excluding tert-OH is 1. The lowest BCUT2D eigenvalue weighted by atomic mass is 9.96. The fourth-order valence-corrected chi connectivity index (χ4v) is 5.61. The van der Waals surface area contributed by atoms with Crippen molar-refractivity contribution in [3.63, 3.8) is 0 Å². The van der Waals surface area contributed by atoms with Crippen LogP contribution in [0.2, 0.25) is 0 Å². The van der Waals surface area contributed by atoms with Crippen molar-refractivity contribution in [1.82, 2.24) is 5.32 Å². The summed E-state index contributed by atoms with van der Waals surface area (Å²) < 4.78 is 29.5. The molecule has 1 aliphatic carbocycles. The van der Waals surface area contributed by atoms with Gasteiger partial charge < -0.3 is 34.1 Å². The Labute approximate surface area is 227 Å². The number of aliphatic hydroxyl groups is 1. The van der Waals surface area contributed by atoms with E-state index in [0.717, 1.165) is 27.8 Å². The van der Waals surface area contributed by atoms with Crippen LogP contribution in [0.5, 0.6) is 0 Å². The molecule has 2 N–H and O–H groups in total. The zero-order valence-corrected chi connectivity index (χ0v) is 21.3. The van der Waals surface area contributed by atoms with Crippen LogP contribution in [0.15, 0.2) is 91.5 Å². The van der Waals surface area contributed by atoms with E-state index in [9.17, 15) is 9.90 Å². The van der Waals surface area contributed by atoms with E-state index < -0.39 is 43.0 Å². The van der Waals surface area contributed by atoms with Gasteiger partial charge in [-0.05, 0) is 22.3 Å². The maximum Gasteiger partial charge on any atom is 0.407 e. The lowest BCUT2D eigenvalue weighted by molar-refractivity contribution is -0.342. The maximum atomic E-state index is 13.1. The number of benzene rings is 3. The summed E-state index contributed by atoms with van der Waals surface area (Å²) in [5.74, 6) is -0.0849. The fourth-order valence-electron chi connectivity index (χ4n) is 5.61. The minimum atomic E-state index is -1.13. The molecule has 39 heavy (non-hydrogen) atoms. The molecule has 2 saturated heterocycles. The molecule has 6 rings (SSSR count). The van der Waals surface area contributed by atoms with Gasteiger partial charge in [-0.25, -0.2) is 4.79 Å². The Bertz CT molecular complexity index is 1270. The van der Waals surface area contributed by atoms with Crippen LogP contribution in [0.1, 0.15) is 28.9 Å². The van der Waals surface area contributed by atoms with Gasteiger partial charge in [0.25, 0.3) is 0 Å². The summed E-state index contributed by atoms with van der Waals surface area (Å²) >= 11 is 0. The Morgan fingerprint density at radius 2 is 1.64 bits per heavy atom. The van der Waals surface area contributed by atoms with Crippen molar-refractivity contribution in [2.24, 2.45) is 0 Å².